The van der Waals surface area contributed by atoms with E-state index in [1.165, 1.54) is 0 Å². The van der Waals surface area contributed by atoms with E-state index < -0.39 is 18.9 Å². The quantitative estimate of drug-likeness (QED) is 0.187. The van der Waals surface area contributed by atoms with Crippen LogP contribution >= 0.6 is 0 Å². The Hall–Kier alpha value is 0.564. The van der Waals surface area contributed by atoms with E-state index in [2.05, 4.69) is 5.32 Å². The van der Waals surface area contributed by atoms with Gasteiger partial charge in [0.15, 0.2) is 0 Å². The summed E-state index contributed by atoms with van der Waals surface area (Å²) in [5.74, 6) is -0.293. The average molecular weight is 267 g/mol. The Labute approximate surface area is 108 Å². The topological polar surface area (TPSA) is 127 Å². The molecular weight excluding hydrogens is 249 g/mol. The minimum absolute atomic E-state index is 0. The second-order valence-electron chi connectivity index (χ2n) is 3.27. The molecule has 0 radical (unpaired) electrons. The molecule has 0 spiro atoms. The summed E-state index contributed by atoms with van der Waals surface area (Å²) in [6, 6.07) is -0.0434. The van der Waals surface area contributed by atoms with Crippen LogP contribution in [0.4, 0.5) is 0 Å². The number of nitrogens with one attached hydrogen (secondary N) is 1. The monoisotopic (exact) mass is 267 g/mol. The first-order valence-corrected chi connectivity index (χ1v) is 8.19. The van der Waals surface area contributed by atoms with E-state index in [0.717, 1.165) is 0 Å². The molecule has 0 amide bonds. The van der Waals surface area contributed by atoms with Crippen LogP contribution in [-0.4, -0.2) is 73.9 Å². The van der Waals surface area contributed by atoms with Crippen LogP contribution in [0.3, 0.4) is 0 Å². The van der Waals surface area contributed by atoms with Crippen LogP contribution in [0.25, 0.3) is 0 Å². The van der Waals surface area contributed by atoms with E-state index in [1.807, 2.05) is 0 Å². The minimum atomic E-state index is -3.93. The van der Waals surface area contributed by atoms with Gasteiger partial charge in [0.2, 0.25) is 0 Å². The fourth-order valence-corrected chi connectivity index (χ4v) is 2.12. The van der Waals surface area contributed by atoms with E-state index in [0.29, 0.717) is 25.9 Å². The van der Waals surface area contributed by atoms with Gasteiger partial charge in [-0.1, -0.05) is 0 Å². The fourth-order valence-electron chi connectivity index (χ4n) is 0.955. The van der Waals surface area contributed by atoms with E-state index in [1.54, 1.807) is 0 Å². The molecular formula is C6H18LiNO6SSi. The maximum absolute atomic E-state index is 10.3. The van der Waals surface area contributed by atoms with Gasteiger partial charge in [-0.2, -0.15) is 8.42 Å². The third kappa shape index (κ3) is 17.0. The van der Waals surface area contributed by atoms with Gasteiger partial charge < -0.3 is 19.7 Å². The molecule has 0 saturated carbocycles. The van der Waals surface area contributed by atoms with E-state index in [-0.39, 0.29) is 30.7 Å². The van der Waals surface area contributed by atoms with Crippen LogP contribution in [0, 0.1) is 0 Å². The first kappa shape index (κ1) is 18.9. The molecule has 7 nitrogen and oxygen atoms in total. The Morgan fingerprint density at radius 1 is 1.06 bits per heavy atom. The van der Waals surface area contributed by atoms with Crippen molar-refractivity contribution in [3.63, 3.8) is 0 Å². The predicted octanol–water partition coefficient (Wildman–Crippen LogP) is -2.49. The van der Waals surface area contributed by atoms with Gasteiger partial charge in [-0.05, 0) is 25.9 Å². The van der Waals surface area contributed by atoms with Crippen molar-refractivity contribution >= 4 is 37.8 Å². The third-order valence-electron chi connectivity index (χ3n) is 1.62. The molecule has 0 aliphatic heterocycles. The molecule has 0 bridgehead atoms. The van der Waals surface area contributed by atoms with Gasteiger partial charge in [-0.25, -0.2) is 0 Å². The van der Waals surface area contributed by atoms with Gasteiger partial charge in [0.25, 0.3) is 10.1 Å². The van der Waals surface area contributed by atoms with Crippen molar-refractivity contribution in [3.8, 4) is 0 Å². The second kappa shape index (κ2) is 8.63. The van der Waals surface area contributed by atoms with E-state index in [9.17, 15) is 8.42 Å². The Morgan fingerprint density at radius 3 is 2.00 bits per heavy atom. The van der Waals surface area contributed by atoms with Crippen molar-refractivity contribution in [2.24, 2.45) is 0 Å². The fraction of sp³-hybridized carbons (Fsp3) is 1.00. The van der Waals surface area contributed by atoms with Crippen LogP contribution in [0.5, 0.6) is 0 Å². The summed E-state index contributed by atoms with van der Waals surface area (Å²) < 4.78 is 28.9. The first-order valence-electron chi connectivity index (χ1n) is 4.54. The summed E-state index contributed by atoms with van der Waals surface area (Å²) >= 11 is 0. The van der Waals surface area contributed by atoms with Crippen molar-refractivity contribution in [3.05, 3.63) is 0 Å². The van der Waals surface area contributed by atoms with Crippen molar-refractivity contribution in [1.82, 2.24) is 5.32 Å². The molecule has 0 aromatic carbocycles. The second-order valence-corrected chi connectivity index (χ2v) is 6.89. The molecule has 0 unspecified atom stereocenters. The Kier molecular flexibility index (Phi) is 10.2. The molecule has 5 N–H and O–H groups in total. The molecule has 0 aliphatic carbocycles. The summed E-state index contributed by atoms with van der Waals surface area (Å²) in [4.78, 5) is 25.9. The Balaban J connectivity index is 0. The summed E-state index contributed by atoms with van der Waals surface area (Å²) in [6.07, 6.45) is 0.695. The number of rotatable bonds is 8. The van der Waals surface area contributed by atoms with Gasteiger partial charge in [0, 0.05) is 6.04 Å². The number of hydrogen-bond acceptors (Lipinski definition) is 6. The third-order valence-corrected chi connectivity index (χ3v) is 3.45. The standard InChI is InChI=1S/C6H17NO6SSi.Li.H/c8-14(9,10)5-1-3-7-4-2-6-15(11,12)13;;/h7,11-13H,1-6H2,(H,8,9,10);;. The van der Waals surface area contributed by atoms with Gasteiger partial charge in [-0.3, -0.25) is 4.55 Å². The predicted molar refractivity (Wildman–Crippen MR) is 62.9 cm³/mol. The van der Waals surface area contributed by atoms with Gasteiger partial charge >= 0.3 is 27.7 Å². The summed E-state index contributed by atoms with van der Waals surface area (Å²) in [6.45, 7) is 0.874. The van der Waals surface area contributed by atoms with Crippen LogP contribution in [0.15, 0.2) is 0 Å². The molecule has 0 saturated heterocycles. The first-order chi connectivity index (χ1) is 6.71. The Bertz CT molecular complexity index is 267. The molecule has 0 aromatic rings. The molecule has 94 valence electrons. The Morgan fingerprint density at radius 2 is 1.56 bits per heavy atom. The average Bonchev–Trinajstić information content (AvgIpc) is 1.98. The van der Waals surface area contributed by atoms with Crippen LogP contribution in [-0.2, 0) is 10.1 Å². The van der Waals surface area contributed by atoms with Gasteiger partial charge in [-0.15, -0.1) is 0 Å². The molecule has 16 heavy (non-hydrogen) atoms. The summed E-state index contributed by atoms with van der Waals surface area (Å²) in [5, 5.41) is 2.84. The zero-order chi connectivity index (χ0) is 11.9. The molecule has 0 aromatic heterocycles. The van der Waals surface area contributed by atoms with E-state index in [4.69, 9.17) is 18.9 Å². The molecule has 0 aliphatic rings. The van der Waals surface area contributed by atoms with E-state index >= 15 is 0 Å². The van der Waals surface area contributed by atoms with Crippen molar-refractivity contribution in [2.45, 2.75) is 18.9 Å². The summed E-state index contributed by atoms with van der Waals surface area (Å²) in [7, 11) is -7.82. The van der Waals surface area contributed by atoms with Crippen molar-refractivity contribution < 1.29 is 27.4 Å². The van der Waals surface area contributed by atoms with Crippen LogP contribution in [0.1, 0.15) is 12.8 Å². The molecule has 0 heterocycles. The number of hydrogen-bond donors (Lipinski definition) is 5. The van der Waals surface area contributed by atoms with Crippen molar-refractivity contribution in [2.75, 3.05) is 18.8 Å². The molecule has 0 fully saturated rings. The molecule has 0 rings (SSSR count). The van der Waals surface area contributed by atoms with Gasteiger partial charge in [0.05, 0.1) is 5.75 Å². The van der Waals surface area contributed by atoms with Gasteiger partial charge in [0.1, 0.15) is 0 Å². The summed E-state index contributed by atoms with van der Waals surface area (Å²) in [5.41, 5.74) is 0. The SMILES string of the molecule is O=S(=O)(O)CCCNCCC[Si](O)(O)O.[LiH]. The zero-order valence-electron chi connectivity index (χ0n) is 8.26. The maximum atomic E-state index is 10.3. The van der Waals surface area contributed by atoms with Crippen molar-refractivity contribution in [1.29, 1.82) is 0 Å². The van der Waals surface area contributed by atoms with Crippen LogP contribution < -0.4 is 5.32 Å². The normalized spacial score (nSPS) is 12.2. The molecule has 0 atom stereocenters. The van der Waals surface area contributed by atoms with Crippen LogP contribution in [0.2, 0.25) is 6.04 Å². The molecule has 10 heteroatoms. The zero-order valence-corrected chi connectivity index (χ0v) is 10.1.